The number of carbonyl (C=O) groups excluding carboxylic acids is 2. The van der Waals surface area contributed by atoms with Gasteiger partial charge in [-0.1, -0.05) is 0 Å². The molecule has 1 saturated heterocycles. The van der Waals surface area contributed by atoms with Crippen molar-refractivity contribution < 1.29 is 14.3 Å². The Balaban J connectivity index is 1.96. The molecule has 0 radical (unpaired) electrons. The van der Waals surface area contributed by atoms with Crippen LogP contribution in [0.1, 0.15) is 32.1 Å². The van der Waals surface area contributed by atoms with Gasteiger partial charge >= 0.3 is 5.97 Å². The van der Waals surface area contributed by atoms with Crippen molar-refractivity contribution in [1.29, 1.82) is 0 Å². The fourth-order valence-electron chi connectivity index (χ4n) is 2.49. The molecule has 1 saturated carbocycles. The molecule has 3 unspecified atom stereocenters. The molecule has 0 aromatic heterocycles. The molecule has 1 heterocycles. The summed E-state index contributed by atoms with van der Waals surface area (Å²) in [6.45, 7) is 0.754. The number of rotatable bonds is 3. The SMILES string of the molecule is COC(=O)CC1CCCCN1C(=O)C1CC1N. The molecule has 0 bridgehead atoms. The van der Waals surface area contributed by atoms with Gasteiger partial charge < -0.3 is 15.4 Å². The van der Waals surface area contributed by atoms with Crippen LogP contribution in [0, 0.1) is 5.92 Å². The minimum atomic E-state index is -0.241. The fourth-order valence-corrected chi connectivity index (χ4v) is 2.49. The van der Waals surface area contributed by atoms with E-state index >= 15 is 0 Å². The van der Waals surface area contributed by atoms with E-state index < -0.39 is 0 Å². The lowest BCUT2D eigenvalue weighted by atomic mass is 9.98. The third kappa shape index (κ3) is 2.77. The second kappa shape index (κ2) is 5.04. The molecule has 2 rings (SSSR count). The smallest absolute Gasteiger partial charge is 0.307 e. The zero-order chi connectivity index (χ0) is 12.4. The third-order valence-electron chi connectivity index (χ3n) is 3.70. The Kier molecular flexibility index (Phi) is 3.66. The lowest BCUT2D eigenvalue weighted by molar-refractivity contribution is -0.145. The second-order valence-corrected chi connectivity index (χ2v) is 4.97. The van der Waals surface area contributed by atoms with E-state index in [9.17, 15) is 9.59 Å². The summed E-state index contributed by atoms with van der Waals surface area (Å²) in [6.07, 6.45) is 4.08. The van der Waals surface area contributed by atoms with E-state index in [0.717, 1.165) is 32.2 Å². The van der Waals surface area contributed by atoms with Gasteiger partial charge in [0, 0.05) is 18.6 Å². The monoisotopic (exact) mass is 240 g/mol. The van der Waals surface area contributed by atoms with Crippen LogP contribution in [-0.2, 0) is 14.3 Å². The molecule has 5 nitrogen and oxygen atoms in total. The van der Waals surface area contributed by atoms with Gasteiger partial charge in [-0.3, -0.25) is 9.59 Å². The number of hydrogen-bond acceptors (Lipinski definition) is 4. The summed E-state index contributed by atoms with van der Waals surface area (Å²) in [7, 11) is 1.38. The highest BCUT2D eigenvalue weighted by atomic mass is 16.5. The molecule has 0 spiro atoms. The number of nitrogens with zero attached hydrogens (tertiary/aromatic N) is 1. The van der Waals surface area contributed by atoms with E-state index in [-0.39, 0.29) is 29.9 Å². The minimum absolute atomic E-state index is 0.00625. The van der Waals surface area contributed by atoms with E-state index in [1.54, 1.807) is 0 Å². The van der Waals surface area contributed by atoms with E-state index in [1.165, 1.54) is 7.11 Å². The van der Waals surface area contributed by atoms with Crippen LogP contribution in [0.15, 0.2) is 0 Å². The Morgan fingerprint density at radius 2 is 2.12 bits per heavy atom. The average molecular weight is 240 g/mol. The molecule has 5 heteroatoms. The van der Waals surface area contributed by atoms with Crippen molar-refractivity contribution in [3.05, 3.63) is 0 Å². The zero-order valence-electron chi connectivity index (χ0n) is 10.2. The van der Waals surface area contributed by atoms with Crippen molar-refractivity contribution >= 4 is 11.9 Å². The van der Waals surface area contributed by atoms with Gasteiger partial charge in [0.1, 0.15) is 0 Å². The van der Waals surface area contributed by atoms with E-state index in [2.05, 4.69) is 4.74 Å². The molecule has 2 fully saturated rings. The van der Waals surface area contributed by atoms with Gasteiger partial charge in [0.2, 0.25) is 5.91 Å². The number of amides is 1. The number of nitrogens with two attached hydrogens (primary N) is 1. The van der Waals surface area contributed by atoms with Gasteiger partial charge in [-0.15, -0.1) is 0 Å². The lowest BCUT2D eigenvalue weighted by Crippen LogP contribution is -2.46. The highest BCUT2D eigenvalue weighted by Crippen LogP contribution is 2.33. The van der Waals surface area contributed by atoms with Crippen LogP contribution >= 0.6 is 0 Å². The zero-order valence-corrected chi connectivity index (χ0v) is 10.2. The highest BCUT2D eigenvalue weighted by molar-refractivity contribution is 5.83. The first-order chi connectivity index (χ1) is 8.13. The van der Waals surface area contributed by atoms with Crippen molar-refractivity contribution in [1.82, 2.24) is 4.90 Å². The normalized spacial score (nSPS) is 32.1. The number of piperidine rings is 1. The lowest BCUT2D eigenvalue weighted by Gasteiger charge is -2.35. The van der Waals surface area contributed by atoms with Gasteiger partial charge in [0.25, 0.3) is 0 Å². The van der Waals surface area contributed by atoms with Crippen molar-refractivity contribution in [3.63, 3.8) is 0 Å². The van der Waals surface area contributed by atoms with Crippen LogP contribution < -0.4 is 5.73 Å². The predicted molar refractivity (Wildman–Crippen MR) is 62.1 cm³/mol. The van der Waals surface area contributed by atoms with Crippen molar-refractivity contribution in [2.24, 2.45) is 11.7 Å². The van der Waals surface area contributed by atoms with Gasteiger partial charge in [0.15, 0.2) is 0 Å². The first kappa shape index (κ1) is 12.4. The average Bonchev–Trinajstić information content (AvgIpc) is 3.06. The molecule has 3 atom stereocenters. The summed E-state index contributed by atoms with van der Waals surface area (Å²) < 4.78 is 4.68. The maximum absolute atomic E-state index is 12.1. The third-order valence-corrected chi connectivity index (χ3v) is 3.70. The Labute approximate surface area is 101 Å². The summed E-state index contributed by atoms with van der Waals surface area (Å²) in [5.74, 6) is -0.117. The first-order valence-corrected chi connectivity index (χ1v) is 6.26. The fraction of sp³-hybridized carbons (Fsp3) is 0.833. The van der Waals surface area contributed by atoms with Crippen LogP contribution in [0.3, 0.4) is 0 Å². The summed E-state index contributed by atoms with van der Waals surface area (Å²) in [5.41, 5.74) is 5.71. The highest BCUT2D eigenvalue weighted by Gasteiger charge is 2.44. The van der Waals surface area contributed by atoms with Crippen molar-refractivity contribution in [2.75, 3.05) is 13.7 Å². The maximum atomic E-state index is 12.1. The van der Waals surface area contributed by atoms with Gasteiger partial charge in [-0.25, -0.2) is 0 Å². The van der Waals surface area contributed by atoms with E-state index in [4.69, 9.17) is 5.73 Å². The molecule has 0 aromatic carbocycles. The van der Waals surface area contributed by atoms with Crippen molar-refractivity contribution in [3.8, 4) is 0 Å². The quantitative estimate of drug-likeness (QED) is 0.719. The molecule has 17 heavy (non-hydrogen) atoms. The first-order valence-electron chi connectivity index (χ1n) is 6.26. The largest absolute Gasteiger partial charge is 0.469 e. The maximum Gasteiger partial charge on any atom is 0.307 e. The summed E-state index contributed by atoms with van der Waals surface area (Å²) in [6, 6.07) is 0.0414. The van der Waals surface area contributed by atoms with Crippen LogP contribution in [0.2, 0.25) is 0 Å². The van der Waals surface area contributed by atoms with Crippen LogP contribution in [0.25, 0.3) is 0 Å². The Morgan fingerprint density at radius 3 is 2.71 bits per heavy atom. The Bertz CT molecular complexity index is 319. The van der Waals surface area contributed by atoms with Gasteiger partial charge in [-0.2, -0.15) is 0 Å². The molecule has 1 aliphatic carbocycles. The molecule has 96 valence electrons. The van der Waals surface area contributed by atoms with Crippen LogP contribution in [-0.4, -0.2) is 42.5 Å². The molecule has 0 aromatic rings. The number of carbonyl (C=O) groups is 2. The van der Waals surface area contributed by atoms with Gasteiger partial charge in [0.05, 0.1) is 19.4 Å². The molecular formula is C12H20N2O3. The topological polar surface area (TPSA) is 72.6 Å². The minimum Gasteiger partial charge on any atom is -0.469 e. The van der Waals surface area contributed by atoms with Crippen molar-refractivity contribution in [2.45, 2.75) is 44.2 Å². The molecule has 2 N–H and O–H groups in total. The number of ether oxygens (including phenoxy) is 1. The number of hydrogen-bond donors (Lipinski definition) is 1. The molecule has 1 amide bonds. The second-order valence-electron chi connectivity index (χ2n) is 4.97. The number of esters is 1. The Hall–Kier alpha value is -1.10. The predicted octanol–water partition coefficient (Wildman–Crippen LogP) is 0.278. The molecule has 2 aliphatic rings. The summed E-state index contributed by atoms with van der Waals surface area (Å²) in [5, 5.41) is 0. The summed E-state index contributed by atoms with van der Waals surface area (Å²) in [4.78, 5) is 25.3. The number of methoxy groups -OCH3 is 1. The number of likely N-dealkylation sites (tertiary alicyclic amines) is 1. The van der Waals surface area contributed by atoms with E-state index in [0.29, 0.717) is 6.42 Å². The Morgan fingerprint density at radius 1 is 1.41 bits per heavy atom. The summed E-state index contributed by atoms with van der Waals surface area (Å²) >= 11 is 0. The van der Waals surface area contributed by atoms with E-state index in [1.807, 2.05) is 4.90 Å². The van der Waals surface area contributed by atoms with Crippen LogP contribution in [0.4, 0.5) is 0 Å². The standard InChI is InChI=1S/C12H20N2O3/c1-17-11(15)6-8-4-2-3-5-14(8)12(16)9-7-10(9)13/h8-10H,2-7,13H2,1H3. The molecule has 1 aliphatic heterocycles. The van der Waals surface area contributed by atoms with Gasteiger partial charge in [-0.05, 0) is 25.7 Å². The molecular weight excluding hydrogens is 220 g/mol. The van der Waals surface area contributed by atoms with Crippen LogP contribution in [0.5, 0.6) is 0 Å².